The van der Waals surface area contributed by atoms with Gasteiger partial charge in [-0.25, -0.2) is 99.2 Å². The van der Waals surface area contributed by atoms with Crippen LogP contribution < -0.4 is 29.4 Å². The van der Waals surface area contributed by atoms with E-state index in [1.54, 1.807) is 0 Å². The van der Waals surface area contributed by atoms with E-state index in [0.29, 0.717) is 6.92 Å². The predicted octanol–water partition coefficient (Wildman–Crippen LogP) is 9.30. The van der Waals surface area contributed by atoms with Gasteiger partial charge in [0.2, 0.25) is 0 Å². The Labute approximate surface area is 926 Å². The van der Waals surface area contributed by atoms with E-state index in [-0.39, 0.29) is 90.7 Å². The molecule has 12 aromatic rings. The van der Waals surface area contributed by atoms with Crippen LogP contribution in [0.1, 0.15) is 202 Å². The maximum Gasteiger partial charge on any atom is 0.302 e. The number of fused-ring (bicyclic) bond motifs is 6. The summed E-state index contributed by atoms with van der Waals surface area (Å²) in [5.41, 5.74) is -0.910. The number of aromatic amines is 6. The van der Waals surface area contributed by atoms with Crippen LogP contribution in [-0.4, -0.2) is 350 Å². The first kappa shape index (κ1) is 36.1. The second-order valence-electron chi connectivity index (χ2n) is 26.3. The molecule has 6 aliphatic rings. The molecule has 6 aliphatic heterocycles. The zero-order valence-electron chi connectivity index (χ0n) is 159. The molecule has 6 amide bonds. The van der Waals surface area contributed by atoms with Gasteiger partial charge in [-0.05, 0) is 110 Å². The van der Waals surface area contributed by atoms with Crippen LogP contribution in [0, 0.1) is 74.8 Å². The van der Waals surface area contributed by atoms with Crippen LogP contribution in [-0.2, 0) is 28.8 Å². The number of carbonyl (C=O) groups is 6. The lowest BCUT2D eigenvalue weighted by Crippen LogP contribution is -2.53. The van der Waals surface area contributed by atoms with Crippen molar-refractivity contribution in [1.82, 2.24) is 119 Å². The van der Waals surface area contributed by atoms with Crippen molar-refractivity contribution in [2.75, 3.05) is 188 Å². The van der Waals surface area contributed by atoms with Gasteiger partial charge in [0.15, 0.2) is 0 Å². The van der Waals surface area contributed by atoms with Gasteiger partial charge in [0.1, 0.15) is 131 Å². The monoisotopic (exact) mass is 1960 g/mol. The molecule has 18 heterocycles. The average Bonchev–Trinajstić information content (AvgIpc) is 0.900. The summed E-state index contributed by atoms with van der Waals surface area (Å²) in [5.74, 6) is -38.7. The minimum absolute atomic E-state index is 0.0436. The van der Waals surface area contributed by atoms with E-state index < -0.39 is 432 Å². The average molecular weight is 1960 g/mol. The highest BCUT2D eigenvalue weighted by Crippen LogP contribution is 2.37. The highest BCUT2D eigenvalue weighted by atomic mass is 16.2. The third kappa shape index (κ3) is 23.1. The molecule has 6 fully saturated rings. The standard InChI is InChI=1S/6C16H20N6O/c6*1-11-5-7-22(14(23)8-17-2)9-13(11)21(3)16-12-4-6-18-15(12)19-10-20-16/h6*4,6,10-11,13H,5,7-9H2,1,3H3,(H,18,19,20)/t6*11-,13+/m111111/s1/i1D3,3D3,5D2,7D2,8D2,9D2,10D,11D,13D;3D3,5D2,7D2,8D2,9D2,10D,11D,13D;1D3,3D3,5D2,7D2,8D2,9D2,10D,13D;1D3,3D3,5D2,7D2,8D2,9D2,10D,11D;3D3,5D2,7D2,8D2,9D2,10D,13D;3D3,5D2,7D2,8D2,9D2,10D,11D. The molecule has 42 nitrogen and oxygen atoms in total. The maximum absolute atomic E-state index is 13.1. The quantitative estimate of drug-likeness (QED) is 0.0435. The Balaban J connectivity index is 0.000000216. The molecule has 0 unspecified atom stereocenters. The first-order valence-corrected chi connectivity index (χ1v) is 37.5. The summed E-state index contributed by atoms with van der Waals surface area (Å²) >= 11 is 0. The van der Waals surface area contributed by atoms with Crippen molar-refractivity contribution in [3.05, 3.63) is 180 Å². The molecule has 6 saturated heterocycles. The number of hydrogen-bond donors (Lipinski definition) is 6. The van der Waals surface area contributed by atoms with Crippen LogP contribution in [0.15, 0.2) is 111 Å². The fraction of sp³-hybridized carbons (Fsp3) is 0.500. The van der Waals surface area contributed by atoms with Crippen LogP contribution in [0.3, 0.4) is 0 Å². The number of piperidine rings is 6. The molecule has 12 aromatic heterocycles. The zero-order valence-corrected chi connectivity index (χ0v) is 69.6. The van der Waals surface area contributed by atoms with E-state index in [9.17, 15) is 31.5 Å². The van der Waals surface area contributed by atoms with E-state index in [1.807, 2.05) is 0 Å². The Morgan fingerprint density at radius 1 is 0.326 bits per heavy atom. The van der Waals surface area contributed by atoms with Crippen LogP contribution in [0.4, 0.5) is 34.9 Å². The summed E-state index contributed by atoms with van der Waals surface area (Å²) in [6.07, 6.45) is -20.6. The lowest BCUT2D eigenvalue weighted by Gasteiger charge is -2.41. The largest absolute Gasteiger partial charge is 0.354 e. The second-order valence-corrected chi connectivity index (χ2v) is 26.3. The summed E-state index contributed by atoms with van der Waals surface area (Å²) in [7, 11) is 0. The first-order chi connectivity index (χ1) is 101. The number of aromatic nitrogens is 18. The van der Waals surface area contributed by atoms with E-state index in [1.165, 1.54) is 49.2 Å². The molecule has 12 atom stereocenters. The van der Waals surface area contributed by atoms with E-state index in [2.05, 4.69) is 119 Å². The van der Waals surface area contributed by atoms with Gasteiger partial charge in [0.25, 0.3) is 39.0 Å². The first-order valence-electron chi connectivity index (χ1n) is 82.0. The Morgan fingerprint density at radius 3 is 0.848 bits per heavy atom. The molecule has 0 radical (unpaired) electrons. The Morgan fingerprint density at radius 2 is 0.558 bits per heavy atom. The predicted molar refractivity (Wildman–Crippen MR) is 527 cm³/mol. The molecule has 138 heavy (non-hydrogen) atoms. The molecule has 0 aliphatic carbocycles. The fourth-order valence-corrected chi connectivity index (χ4v) is 11.6. The van der Waals surface area contributed by atoms with Crippen LogP contribution >= 0.6 is 0 Å². The number of rotatable bonds is 18. The number of carbonyl (C=O) groups excluding carboxylic acids is 6. The third-order valence-electron chi connectivity index (χ3n) is 18.0. The molecule has 18 rings (SSSR count). The van der Waals surface area contributed by atoms with Crippen molar-refractivity contribution < 1.29 is 151 Å². The van der Waals surface area contributed by atoms with Crippen LogP contribution in [0.5, 0.6) is 0 Å². The number of amides is 6. The van der Waals surface area contributed by atoms with Gasteiger partial charge in [0.05, 0.1) is 90.4 Å². The molecule has 720 valence electrons. The summed E-state index contributed by atoms with van der Waals surface area (Å²) in [6, 6.07) is -14.2. The van der Waals surface area contributed by atoms with Gasteiger partial charge in [-0.1, -0.05) is 41.3 Å². The molecule has 0 bridgehead atoms. The Bertz CT molecular complexity index is 11000. The van der Waals surface area contributed by atoms with Crippen molar-refractivity contribution in [3.63, 3.8) is 0 Å². The number of nitrogens with one attached hydrogen (secondary N) is 6. The van der Waals surface area contributed by atoms with Gasteiger partial charge < -0.3 is 118 Å². The number of H-pyrrole nitrogens is 6. The van der Waals surface area contributed by atoms with Gasteiger partial charge in [-0.3, -0.25) is 28.8 Å². The summed E-state index contributed by atoms with van der Waals surface area (Å²) in [4.78, 5) is 148. The Hall–Kier alpha value is -15.7. The minimum Gasteiger partial charge on any atom is -0.354 e. The van der Waals surface area contributed by atoms with Gasteiger partial charge >= 0.3 is 35.4 Å². The number of nitrogens with zero attached hydrogens (tertiary/aromatic N) is 30. The number of hydrogen-bond acceptors (Lipinski definition) is 24. The van der Waals surface area contributed by atoms with Gasteiger partial charge in [-0.2, -0.15) is 0 Å². The third-order valence-corrected chi connectivity index (χ3v) is 18.0. The summed E-state index contributed by atoms with van der Waals surface area (Å²) in [6.45, 7) is -59.6. The molecule has 42 heteroatoms. The highest BCUT2D eigenvalue weighted by Gasteiger charge is 2.41. The molecule has 0 aromatic carbocycles. The van der Waals surface area contributed by atoms with E-state index in [0.717, 1.165) is 38.2 Å². The topological polar surface area (TPSA) is 417 Å². The van der Waals surface area contributed by atoms with Crippen molar-refractivity contribution in [3.8, 4) is 0 Å². The van der Waals surface area contributed by atoms with Crippen molar-refractivity contribution >= 4 is 137 Å². The lowest BCUT2D eigenvalue weighted by atomic mass is 9.92. The molecule has 0 saturated carbocycles. The van der Waals surface area contributed by atoms with Crippen molar-refractivity contribution in [1.29, 1.82) is 0 Å². The van der Waals surface area contributed by atoms with E-state index >= 15 is 0 Å². The number of anilines is 6. The maximum atomic E-state index is 13.1. The minimum atomic E-state index is -4.44. The fourth-order valence-electron chi connectivity index (χ4n) is 11.6. The summed E-state index contributed by atoms with van der Waals surface area (Å²) < 4.78 is 734. The number of likely N-dealkylation sites (N-methyl/N-ethyl adjacent to an activating group) is 6. The second kappa shape index (κ2) is 46.5. The zero-order chi connectivity index (χ0) is 177. The van der Waals surface area contributed by atoms with Crippen LogP contribution in [0.25, 0.3) is 95.3 Å². The van der Waals surface area contributed by atoms with E-state index in [4.69, 9.17) is 159 Å². The van der Waals surface area contributed by atoms with Crippen LogP contribution in [0.2, 0.25) is 0 Å². The molecule has 0 spiro atoms. The lowest BCUT2D eigenvalue weighted by molar-refractivity contribution is -0.131. The van der Waals surface area contributed by atoms with Gasteiger partial charge in [-0.15, -0.1) is 0 Å². The highest BCUT2D eigenvalue weighted by molar-refractivity contribution is 5.93. The molecular weight excluding hydrogens is 1750 g/mol. The van der Waals surface area contributed by atoms with Crippen molar-refractivity contribution in [2.45, 2.75) is 116 Å². The SMILES string of the molecule is [2H]c1nc(N(C([2H])([2H])[2H])[C@@]2([2H])C([2H])([2H])N(C(=O)C([2H])([2H])[N+]#[C-])C([2H])([2H])C([2H])([2H])[C@@]2([2H])C([2H])([2H])[2H])c2cc[nH]c2n1.[2H]c1nc(N(C([2H])([2H])[2H])[C@@]2([2H])C([2H])([2H])N(C(=O)C([2H])([2H])[N+]#[C-])C([2H])([2H])C([2H])([2H])[C@@]2([2H])C)c2cc[nH]c2n1.[2H]c1nc(N(C([2H])([2H])[2H])[C@]2([2H])[C@H](C([2H])([2H])[2H])C([2H])([2H])C([2H])([2H])N(C(=O)C([2H])([2H])[N+]#[C-])C2([2H])[2H])c2cc[nH]c2n1.[2H]c1nc(N(C([2H])([2H])[2H])[C@]2([2H])[C@H](C)C([2H])([2H])C([2H])([2H])N(C(=O)C([2H])([2H])[N+]#[C-])C2([2H])[2H])c2cc[nH]c2n1.[2H]c1nc(N([C@H]2C([2H])([2H])N(C(=O)C([2H])([2H])[N+]#[C-])C([2H])([2H])C([2H])([2H])[C@@]2([2H])C([2H])([2H])[2H])C([2H])([2H])[2H])c2cc[nH]c2n1.[2H]c1nc(N([C@H]2C([2H])([2H])N(C(=O)C([2H])([2H])[N+]#[C-])C([2H])([2H])C([2H])([2H])[C@@]2([2H])C)C([2H])([2H])[2H])c2cc[nH]c2n1. The summed E-state index contributed by atoms with van der Waals surface area (Å²) in [5, 5.41) is -1.23. The van der Waals surface area contributed by atoms with Gasteiger partial charge in [0, 0.05) is 232 Å². The smallest absolute Gasteiger partial charge is 0.302 e. The Kier molecular flexibility index (Phi) is 12.2. The van der Waals surface area contributed by atoms with Crippen molar-refractivity contribution in [2.24, 2.45) is 35.4 Å². The number of likely N-dealkylation sites (tertiary alicyclic amines) is 6. The molecular formula is C96H120N36O6. The molecule has 6 N–H and O–H groups in total. The normalized spacial score (nSPS) is 42.9.